The molecular formula is C12H18ClN3O3S. The van der Waals surface area contributed by atoms with Crippen LogP contribution in [0, 0.1) is 6.92 Å². The van der Waals surface area contributed by atoms with Crippen molar-refractivity contribution in [3.63, 3.8) is 0 Å². The van der Waals surface area contributed by atoms with E-state index >= 15 is 0 Å². The molecule has 1 aromatic rings. The fourth-order valence-electron chi connectivity index (χ4n) is 1.70. The number of nitrogens with zero attached hydrogens (tertiary/aromatic N) is 2. The number of nitrogens with one attached hydrogen (secondary N) is 1. The van der Waals surface area contributed by atoms with Gasteiger partial charge in [0.15, 0.2) is 0 Å². The highest BCUT2D eigenvalue weighted by atomic mass is 35.5. The van der Waals surface area contributed by atoms with E-state index in [0.29, 0.717) is 17.3 Å². The van der Waals surface area contributed by atoms with Gasteiger partial charge < -0.3 is 10.4 Å². The molecule has 0 aliphatic heterocycles. The molecule has 20 heavy (non-hydrogen) atoms. The fourth-order valence-corrected chi connectivity index (χ4v) is 3.05. The summed E-state index contributed by atoms with van der Waals surface area (Å²) < 4.78 is 1.80. The molecule has 8 heteroatoms. The van der Waals surface area contributed by atoms with Gasteiger partial charge in [0.05, 0.1) is 16.4 Å². The molecule has 0 aromatic carbocycles. The Labute approximate surface area is 126 Å². The van der Waals surface area contributed by atoms with Crippen LogP contribution >= 0.6 is 23.4 Å². The van der Waals surface area contributed by atoms with Gasteiger partial charge in [-0.2, -0.15) is 16.9 Å². The number of halogens is 1. The van der Waals surface area contributed by atoms with E-state index in [0.717, 1.165) is 11.4 Å². The lowest BCUT2D eigenvalue weighted by Gasteiger charge is -2.13. The molecule has 1 heterocycles. The van der Waals surface area contributed by atoms with E-state index in [1.165, 1.54) is 18.7 Å². The van der Waals surface area contributed by atoms with Gasteiger partial charge in [-0.05, 0) is 13.8 Å². The molecule has 1 atom stereocenters. The average molecular weight is 320 g/mol. The SMILES string of the molecule is CCn1nc(C)c(Cl)c1CSCC(NC(C)=O)C(=O)O. The van der Waals surface area contributed by atoms with Crippen LogP contribution < -0.4 is 5.32 Å². The molecule has 0 aliphatic carbocycles. The lowest BCUT2D eigenvalue weighted by Crippen LogP contribution is -2.41. The van der Waals surface area contributed by atoms with Gasteiger partial charge in [-0.3, -0.25) is 9.48 Å². The second-order valence-electron chi connectivity index (χ2n) is 4.27. The lowest BCUT2D eigenvalue weighted by atomic mass is 10.3. The third-order valence-electron chi connectivity index (χ3n) is 2.65. The smallest absolute Gasteiger partial charge is 0.327 e. The second kappa shape index (κ2) is 7.54. The monoisotopic (exact) mass is 319 g/mol. The summed E-state index contributed by atoms with van der Waals surface area (Å²) in [4.78, 5) is 21.9. The van der Waals surface area contributed by atoms with Crippen LogP contribution in [-0.2, 0) is 21.9 Å². The first kappa shape index (κ1) is 16.8. The standard InChI is InChI=1S/C12H18ClN3O3S/c1-4-16-10(11(13)7(2)15-16)6-20-5-9(12(18)19)14-8(3)17/h9H,4-6H2,1-3H3,(H,14,17)(H,18,19). The van der Waals surface area contributed by atoms with Crippen molar-refractivity contribution in [3.05, 3.63) is 16.4 Å². The second-order valence-corrected chi connectivity index (χ2v) is 5.68. The van der Waals surface area contributed by atoms with E-state index in [9.17, 15) is 9.59 Å². The third-order valence-corrected chi connectivity index (χ3v) is 4.19. The van der Waals surface area contributed by atoms with Gasteiger partial charge in [0.1, 0.15) is 6.04 Å². The number of amides is 1. The number of aliphatic carboxylic acids is 1. The van der Waals surface area contributed by atoms with Crippen LogP contribution in [0.4, 0.5) is 0 Å². The Morgan fingerprint density at radius 2 is 2.20 bits per heavy atom. The molecule has 6 nitrogen and oxygen atoms in total. The number of thioether (sulfide) groups is 1. The molecule has 0 fully saturated rings. The molecule has 1 unspecified atom stereocenters. The van der Waals surface area contributed by atoms with Crippen molar-refractivity contribution in [1.82, 2.24) is 15.1 Å². The largest absolute Gasteiger partial charge is 0.480 e. The number of rotatable bonds is 7. The van der Waals surface area contributed by atoms with E-state index in [2.05, 4.69) is 10.4 Å². The molecule has 0 radical (unpaired) electrons. The topological polar surface area (TPSA) is 84.2 Å². The number of carbonyl (C=O) groups excluding carboxylic acids is 1. The van der Waals surface area contributed by atoms with Crippen LogP contribution in [0.2, 0.25) is 5.02 Å². The summed E-state index contributed by atoms with van der Waals surface area (Å²) in [6, 6.07) is -0.893. The fraction of sp³-hybridized carbons (Fsp3) is 0.583. The average Bonchev–Trinajstić information content (AvgIpc) is 2.64. The Hall–Kier alpha value is -1.21. The first-order valence-corrected chi connectivity index (χ1v) is 7.69. The van der Waals surface area contributed by atoms with Crippen molar-refractivity contribution in [2.75, 3.05) is 5.75 Å². The first-order valence-electron chi connectivity index (χ1n) is 6.16. The summed E-state index contributed by atoms with van der Waals surface area (Å²) >= 11 is 7.57. The quantitative estimate of drug-likeness (QED) is 0.799. The predicted molar refractivity (Wildman–Crippen MR) is 79.1 cm³/mol. The van der Waals surface area contributed by atoms with E-state index in [4.69, 9.17) is 16.7 Å². The predicted octanol–water partition coefficient (Wildman–Crippen LogP) is 1.69. The van der Waals surface area contributed by atoms with Crippen LogP contribution in [0.25, 0.3) is 0 Å². The summed E-state index contributed by atoms with van der Waals surface area (Å²) in [6.07, 6.45) is 0. The maximum absolute atomic E-state index is 11.0. The summed E-state index contributed by atoms with van der Waals surface area (Å²) in [5, 5.41) is 16.3. The number of aryl methyl sites for hydroxylation is 2. The molecule has 1 aromatic heterocycles. The molecule has 2 N–H and O–H groups in total. The number of aromatic nitrogens is 2. The molecule has 0 saturated heterocycles. The maximum atomic E-state index is 11.0. The first-order chi connectivity index (χ1) is 9.36. The zero-order valence-corrected chi connectivity index (χ0v) is 13.2. The zero-order valence-electron chi connectivity index (χ0n) is 11.6. The highest BCUT2D eigenvalue weighted by Crippen LogP contribution is 2.24. The van der Waals surface area contributed by atoms with Gasteiger partial charge in [0.2, 0.25) is 5.91 Å². The van der Waals surface area contributed by atoms with Gasteiger partial charge in [-0.1, -0.05) is 11.6 Å². The molecular weight excluding hydrogens is 302 g/mol. The Kier molecular flexibility index (Phi) is 6.35. The minimum absolute atomic E-state index is 0.277. The van der Waals surface area contributed by atoms with Crippen LogP contribution in [0.15, 0.2) is 0 Å². The van der Waals surface area contributed by atoms with Crippen LogP contribution in [0.3, 0.4) is 0 Å². The maximum Gasteiger partial charge on any atom is 0.327 e. The Morgan fingerprint density at radius 3 is 2.70 bits per heavy atom. The summed E-state index contributed by atoms with van der Waals surface area (Å²) in [7, 11) is 0. The molecule has 0 bridgehead atoms. The minimum atomic E-state index is -1.04. The molecule has 0 saturated carbocycles. The number of hydrogen-bond donors (Lipinski definition) is 2. The zero-order chi connectivity index (χ0) is 15.3. The Balaban J connectivity index is 2.63. The van der Waals surface area contributed by atoms with Gasteiger partial charge >= 0.3 is 5.97 Å². The molecule has 1 amide bonds. The highest BCUT2D eigenvalue weighted by Gasteiger charge is 2.19. The number of carboxylic acid groups (broad SMARTS) is 1. The molecule has 0 spiro atoms. The van der Waals surface area contributed by atoms with Crippen LogP contribution in [-0.4, -0.2) is 38.6 Å². The third kappa shape index (κ3) is 4.42. The number of carboxylic acids is 1. The van der Waals surface area contributed by atoms with E-state index < -0.39 is 12.0 Å². The Bertz CT molecular complexity index is 504. The van der Waals surface area contributed by atoms with Gasteiger partial charge in [-0.25, -0.2) is 4.79 Å². The normalized spacial score (nSPS) is 12.2. The van der Waals surface area contributed by atoms with E-state index in [1.807, 2.05) is 13.8 Å². The number of carbonyl (C=O) groups is 2. The van der Waals surface area contributed by atoms with Crippen molar-refractivity contribution in [1.29, 1.82) is 0 Å². The van der Waals surface area contributed by atoms with Crippen molar-refractivity contribution in [2.24, 2.45) is 0 Å². The van der Waals surface area contributed by atoms with Crippen LogP contribution in [0.5, 0.6) is 0 Å². The highest BCUT2D eigenvalue weighted by molar-refractivity contribution is 7.98. The summed E-state index contributed by atoms with van der Waals surface area (Å²) in [6.45, 7) is 5.80. The summed E-state index contributed by atoms with van der Waals surface area (Å²) in [5.41, 5.74) is 1.64. The Morgan fingerprint density at radius 1 is 1.55 bits per heavy atom. The van der Waals surface area contributed by atoms with Crippen LogP contribution in [0.1, 0.15) is 25.2 Å². The summed E-state index contributed by atoms with van der Waals surface area (Å²) in [5.74, 6) is -0.569. The molecule has 1 rings (SSSR count). The molecule has 112 valence electrons. The van der Waals surface area contributed by atoms with Gasteiger partial charge in [-0.15, -0.1) is 0 Å². The number of hydrogen-bond acceptors (Lipinski definition) is 4. The van der Waals surface area contributed by atoms with Crippen molar-refractivity contribution in [3.8, 4) is 0 Å². The lowest BCUT2D eigenvalue weighted by molar-refractivity contribution is -0.140. The van der Waals surface area contributed by atoms with Gasteiger partial charge in [0.25, 0.3) is 0 Å². The van der Waals surface area contributed by atoms with Crippen molar-refractivity contribution >= 4 is 35.2 Å². The van der Waals surface area contributed by atoms with E-state index in [-0.39, 0.29) is 11.7 Å². The minimum Gasteiger partial charge on any atom is -0.480 e. The van der Waals surface area contributed by atoms with Gasteiger partial charge in [0, 0.05) is 25.0 Å². The van der Waals surface area contributed by atoms with E-state index in [1.54, 1.807) is 4.68 Å². The molecule has 0 aliphatic rings. The van der Waals surface area contributed by atoms with Crippen molar-refractivity contribution < 1.29 is 14.7 Å². The van der Waals surface area contributed by atoms with Crippen molar-refractivity contribution in [2.45, 2.75) is 39.1 Å².